The molecule has 0 bridgehead atoms. The number of amides is 1. The molecule has 0 saturated carbocycles. The zero-order valence-corrected chi connectivity index (χ0v) is 21.7. The Labute approximate surface area is 228 Å². The number of pyridine rings is 1. The lowest BCUT2D eigenvalue weighted by atomic mass is 10.1. The molecule has 38 heavy (non-hydrogen) atoms. The third-order valence-electron chi connectivity index (χ3n) is 5.66. The number of hydrogen-bond donors (Lipinski definition) is 2. The van der Waals surface area contributed by atoms with E-state index in [0.29, 0.717) is 11.5 Å². The van der Waals surface area contributed by atoms with E-state index in [1.165, 1.54) is 6.42 Å². The van der Waals surface area contributed by atoms with E-state index in [4.69, 9.17) is 20.9 Å². The SMILES string of the molecule is Cl.Nc1ccc(N=Nc2ccccc2)c(N)n1.O=C(C=CC=Cc1ccc2c(c1)OCO2)N1CCCCC1. The topological polar surface area (TPSA) is 128 Å². The van der Waals surface area contributed by atoms with Crippen molar-refractivity contribution < 1.29 is 14.3 Å². The average molecular weight is 535 g/mol. The summed E-state index contributed by atoms with van der Waals surface area (Å²) >= 11 is 0. The monoisotopic (exact) mass is 534 g/mol. The molecule has 2 aliphatic heterocycles. The molecule has 3 aromatic rings. The third kappa shape index (κ3) is 8.35. The Kier molecular flexibility index (Phi) is 10.7. The summed E-state index contributed by atoms with van der Waals surface area (Å²) in [6.45, 7) is 2.05. The minimum atomic E-state index is 0. The third-order valence-corrected chi connectivity index (χ3v) is 5.66. The molecular weight excluding hydrogens is 504 g/mol. The summed E-state index contributed by atoms with van der Waals surface area (Å²) in [6.07, 6.45) is 10.7. The fraction of sp³-hybridized carbons (Fsp3) is 0.214. The predicted octanol–water partition coefficient (Wildman–Crippen LogP) is 6.08. The molecule has 2 aromatic carbocycles. The number of ether oxygens (including phenoxy) is 2. The molecule has 198 valence electrons. The smallest absolute Gasteiger partial charge is 0.246 e. The van der Waals surface area contributed by atoms with Crippen molar-refractivity contribution in [3.05, 3.63) is 84.5 Å². The summed E-state index contributed by atoms with van der Waals surface area (Å²) < 4.78 is 10.6. The number of aromatic nitrogens is 1. The Morgan fingerprint density at radius 3 is 2.42 bits per heavy atom. The number of azo groups is 1. The Hall–Kier alpha value is -4.37. The largest absolute Gasteiger partial charge is 0.454 e. The number of nitrogens with two attached hydrogens (primary N) is 2. The second-order valence-corrected chi connectivity index (χ2v) is 8.39. The van der Waals surface area contributed by atoms with Gasteiger partial charge in [-0.1, -0.05) is 42.5 Å². The number of carbonyl (C=O) groups is 1. The molecular formula is C28H31ClN6O3. The highest BCUT2D eigenvalue weighted by atomic mass is 35.5. The summed E-state index contributed by atoms with van der Waals surface area (Å²) in [5.74, 6) is 2.30. The van der Waals surface area contributed by atoms with Gasteiger partial charge in [-0.15, -0.1) is 17.5 Å². The van der Waals surface area contributed by atoms with Crippen LogP contribution in [-0.4, -0.2) is 35.7 Å². The van der Waals surface area contributed by atoms with Crippen molar-refractivity contribution in [2.45, 2.75) is 19.3 Å². The lowest BCUT2D eigenvalue weighted by molar-refractivity contribution is -0.126. The fourth-order valence-corrected chi connectivity index (χ4v) is 3.72. The quantitative estimate of drug-likeness (QED) is 0.232. The van der Waals surface area contributed by atoms with Crippen LogP contribution in [0.3, 0.4) is 0 Å². The van der Waals surface area contributed by atoms with E-state index in [2.05, 4.69) is 15.2 Å². The lowest BCUT2D eigenvalue weighted by Crippen LogP contribution is -2.34. The van der Waals surface area contributed by atoms with E-state index in [0.717, 1.165) is 48.7 Å². The first kappa shape index (κ1) is 28.2. The van der Waals surface area contributed by atoms with E-state index in [-0.39, 0.29) is 30.9 Å². The van der Waals surface area contributed by atoms with Gasteiger partial charge in [-0.05, 0) is 61.2 Å². The van der Waals surface area contributed by atoms with E-state index in [1.807, 2.05) is 65.6 Å². The van der Waals surface area contributed by atoms with Crippen LogP contribution in [0.15, 0.2) is 89.1 Å². The number of allylic oxidation sites excluding steroid dienone is 2. The summed E-state index contributed by atoms with van der Waals surface area (Å²) in [6, 6.07) is 18.5. The van der Waals surface area contributed by atoms with Gasteiger partial charge in [0, 0.05) is 19.2 Å². The number of anilines is 2. The normalized spacial score (nSPS) is 14.4. The fourth-order valence-electron chi connectivity index (χ4n) is 3.72. The molecule has 1 aromatic heterocycles. The van der Waals surface area contributed by atoms with Gasteiger partial charge in [0.1, 0.15) is 11.5 Å². The maximum absolute atomic E-state index is 11.9. The number of likely N-dealkylation sites (tertiary alicyclic amines) is 1. The van der Waals surface area contributed by atoms with Gasteiger partial charge in [-0.25, -0.2) is 4.98 Å². The molecule has 10 heteroatoms. The van der Waals surface area contributed by atoms with Crippen molar-refractivity contribution in [1.29, 1.82) is 0 Å². The van der Waals surface area contributed by atoms with Crippen LogP contribution >= 0.6 is 12.4 Å². The first-order chi connectivity index (χ1) is 18.1. The van der Waals surface area contributed by atoms with Crippen molar-refractivity contribution >= 4 is 47.4 Å². The number of nitrogens with zero attached hydrogens (tertiary/aromatic N) is 4. The molecule has 1 fully saturated rings. The number of benzene rings is 2. The van der Waals surface area contributed by atoms with Gasteiger partial charge in [0.2, 0.25) is 12.7 Å². The first-order valence-electron chi connectivity index (χ1n) is 12.1. The van der Waals surface area contributed by atoms with Crippen LogP contribution < -0.4 is 20.9 Å². The molecule has 5 rings (SSSR count). The number of piperidine rings is 1. The highest BCUT2D eigenvalue weighted by Gasteiger charge is 2.13. The molecule has 3 heterocycles. The van der Waals surface area contributed by atoms with Gasteiger partial charge in [-0.3, -0.25) is 4.79 Å². The zero-order valence-electron chi connectivity index (χ0n) is 20.9. The molecule has 1 saturated heterocycles. The van der Waals surface area contributed by atoms with Gasteiger partial charge >= 0.3 is 0 Å². The first-order valence-corrected chi connectivity index (χ1v) is 12.1. The van der Waals surface area contributed by atoms with Crippen LogP contribution in [0.5, 0.6) is 11.5 Å². The van der Waals surface area contributed by atoms with Crippen molar-refractivity contribution in [1.82, 2.24) is 9.88 Å². The number of hydrogen-bond acceptors (Lipinski definition) is 8. The zero-order chi connectivity index (χ0) is 25.9. The van der Waals surface area contributed by atoms with Crippen molar-refractivity contribution in [3.8, 4) is 11.5 Å². The molecule has 0 atom stereocenters. The number of halogens is 1. The average Bonchev–Trinajstić information content (AvgIpc) is 3.40. The van der Waals surface area contributed by atoms with Crippen LogP contribution in [0.4, 0.5) is 23.0 Å². The van der Waals surface area contributed by atoms with Gasteiger partial charge in [0.05, 0.1) is 5.69 Å². The standard InChI is InChI=1S/C17H19NO3.C11H11N5.ClH/c19-17(18-10-4-1-5-11-18)7-3-2-6-14-8-9-15-16(12-14)21-13-20-15;12-10-7-6-9(11(13)14-10)16-15-8-4-2-1-3-5-8;/h2-3,6-9,12H,1,4-5,10-11,13H2;1-7H,(H4,12,13,14);1H. The predicted molar refractivity (Wildman–Crippen MR) is 152 cm³/mol. The van der Waals surface area contributed by atoms with Crippen molar-refractivity contribution in [2.75, 3.05) is 31.3 Å². The summed E-state index contributed by atoms with van der Waals surface area (Å²) in [5, 5.41) is 8.03. The van der Waals surface area contributed by atoms with Crippen LogP contribution in [-0.2, 0) is 4.79 Å². The van der Waals surface area contributed by atoms with E-state index in [1.54, 1.807) is 24.3 Å². The van der Waals surface area contributed by atoms with Crippen LogP contribution in [0, 0.1) is 0 Å². The molecule has 2 aliphatic rings. The summed E-state index contributed by atoms with van der Waals surface area (Å²) in [4.78, 5) is 17.7. The Balaban J connectivity index is 0.000000213. The second-order valence-electron chi connectivity index (χ2n) is 8.39. The van der Waals surface area contributed by atoms with Crippen molar-refractivity contribution in [2.24, 2.45) is 10.2 Å². The lowest BCUT2D eigenvalue weighted by Gasteiger charge is -2.25. The van der Waals surface area contributed by atoms with Gasteiger partial charge < -0.3 is 25.8 Å². The van der Waals surface area contributed by atoms with Gasteiger partial charge in [0.15, 0.2) is 17.3 Å². The second kappa shape index (κ2) is 14.4. The molecule has 1 amide bonds. The van der Waals surface area contributed by atoms with E-state index in [9.17, 15) is 4.79 Å². The Morgan fingerprint density at radius 2 is 1.66 bits per heavy atom. The van der Waals surface area contributed by atoms with Gasteiger partial charge in [-0.2, -0.15) is 5.11 Å². The van der Waals surface area contributed by atoms with Crippen molar-refractivity contribution in [3.63, 3.8) is 0 Å². The molecule has 4 N–H and O–H groups in total. The molecule has 0 radical (unpaired) electrons. The molecule has 0 unspecified atom stereocenters. The van der Waals surface area contributed by atoms with Crippen LogP contribution in [0.1, 0.15) is 24.8 Å². The highest BCUT2D eigenvalue weighted by Crippen LogP contribution is 2.32. The number of rotatable bonds is 5. The maximum Gasteiger partial charge on any atom is 0.246 e. The van der Waals surface area contributed by atoms with Gasteiger partial charge in [0.25, 0.3) is 0 Å². The van der Waals surface area contributed by atoms with Crippen LogP contribution in [0.25, 0.3) is 6.08 Å². The molecule has 9 nitrogen and oxygen atoms in total. The van der Waals surface area contributed by atoms with E-state index >= 15 is 0 Å². The number of nitrogen functional groups attached to an aromatic ring is 2. The molecule has 0 aliphatic carbocycles. The summed E-state index contributed by atoms with van der Waals surface area (Å²) in [7, 11) is 0. The van der Waals surface area contributed by atoms with Crippen LogP contribution in [0.2, 0.25) is 0 Å². The number of fused-ring (bicyclic) bond motifs is 1. The molecule has 0 spiro atoms. The maximum atomic E-state index is 11.9. The van der Waals surface area contributed by atoms with E-state index < -0.39 is 0 Å². The highest BCUT2D eigenvalue weighted by molar-refractivity contribution is 5.88. The Bertz CT molecular complexity index is 1290. The number of carbonyl (C=O) groups excluding carboxylic acids is 1. The summed E-state index contributed by atoms with van der Waals surface area (Å²) in [5.41, 5.74) is 13.4. The minimum Gasteiger partial charge on any atom is -0.454 e. The Morgan fingerprint density at radius 1 is 0.895 bits per heavy atom. The minimum absolute atomic E-state index is 0.